The number of carboxylic acids is 1. The summed E-state index contributed by atoms with van der Waals surface area (Å²) in [5.74, 6) is -1.53. The van der Waals surface area contributed by atoms with Crippen molar-refractivity contribution in [2.45, 2.75) is 104 Å². The molecule has 4 nitrogen and oxygen atoms in total. The average Bonchev–Trinajstić information content (AvgIpc) is 2.62. The van der Waals surface area contributed by atoms with Crippen LogP contribution in [0.4, 0.5) is 0 Å². The van der Waals surface area contributed by atoms with E-state index in [0.29, 0.717) is 18.8 Å². The van der Waals surface area contributed by atoms with Crippen LogP contribution in [0, 0.1) is 17.8 Å². The molecule has 4 atom stereocenters. The Morgan fingerprint density at radius 3 is 2.16 bits per heavy atom. The van der Waals surface area contributed by atoms with Gasteiger partial charge in [0.1, 0.15) is 6.10 Å². The number of hydrogen-bond donors (Lipinski definition) is 1. The zero-order valence-electron chi connectivity index (χ0n) is 16.5. The van der Waals surface area contributed by atoms with Crippen molar-refractivity contribution in [1.29, 1.82) is 0 Å². The molecule has 25 heavy (non-hydrogen) atoms. The second kappa shape index (κ2) is 12.3. The minimum atomic E-state index is -0.846. The third kappa shape index (κ3) is 7.79. The van der Waals surface area contributed by atoms with Gasteiger partial charge in [-0.15, -0.1) is 0 Å². The Bertz CT molecular complexity index is 393. The molecular formula is C21H38O4. The predicted molar refractivity (Wildman–Crippen MR) is 100 cm³/mol. The molecule has 146 valence electrons. The molecule has 4 unspecified atom stereocenters. The highest BCUT2D eigenvalue weighted by Gasteiger charge is 2.37. The standard InChI is InChI=1S/C21H38O4/c1-4-7-11-16(6-3)15-17(12-8-5-2)25-21(24)19-14-10-9-13-18(19)20(22)23/h16-19H,4-15H2,1-3H3,(H,22,23). The van der Waals surface area contributed by atoms with E-state index in [9.17, 15) is 14.7 Å². The maximum absolute atomic E-state index is 12.7. The first-order chi connectivity index (χ1) is 12.0. The summed E-state index contributed by atoms with van der Waals surface area (Å²) in [6.45, 7) is 6.56. The van der Waals surface area contributed by atoms with Crippen LogP contribution in [0.5, 0.6) is 0 Å². The van der Waals surface area contributed by atoms with Gasteiger partial charge in [-0.3, -0.25) is 9.59 Å². The number of hydrogen-bond acceptors (Lipinski definition) is 3. The Labute approximate surface area is 153 Å². The number of ether oxygens (including phenoxy) is 1. The molecule has 1 N–H and O–H groups in total. The van der Waals surface area contributed by atoms with Gasteiger partial charge in [0.15, 0.2) is 0 Å². The van der Waals surface area contributed by atoms with Crippen LogP contribution >= 0.6 is 0 Å². The lowest BCUT2D eigenvalue weighted by Crippen LogP contribution is -2.36. The van der Waals surface area contributed by atoms with Crippen LogP contribution in [-0.2, 0) is 14.3 Å². The van der Waals surface area contributed by atoms with E-state index in [1.54, 1.807) is 0 Å². The molecule has 1 saturated carbocycles. The molecule has 0 radical (unpaired) electrons. The van der Waals surface area contributed by atoms with Gasteiger partial charge in [-0.2, -0.15) is 0 Å². The molecule has 0 aromatic carbocycles. The second-order valence-electron chi connectivity index (χ2n) is 7.69. The third-order valence-corrected chi connectivity index (χ3v) is 5.69. The van der Waals surface area contributed by atoms with Gasteiger partial charge >= 0.3 is 11.9 Å². The van der Waals surface area contributed by atoms with Crippen molar-refractivity contribution in [2.24, 2.45) is 17.8 Å². The van der Waals surface area contributed by atoms with E-state index >= 15 is 0 Å². The highest BCUT2D eigenvalue weighted by atomic mass is 16.5. The third-order valence-electron chi connectivity index (χ3n) is 5.69. The zero-order chi connectivity index (χ0) is 18.7. The molecule has 0 aromatic rings. The number of carbonyl (C=O) groups excluding carboxylic acids is 1. The summed E-state index contributed by atoms with van der Waals surface area (Å²) in [4.78, 5) is 24.1. The molecule has 0 aliphatic heterocycles. The number of unbranched alkanes of at least 4 members (excludes halogenated alkanes) is 2. The molecular weight excluding hydrogens is 316 g/mol. The van der Waals surface area contributed by atoms with Crippen molar-refractivity contribution in [1.82, 2.24) is 0 Å². The minimum Gasteiger partial charge on any atom is -0.481 e. The molecule has 1 fully saturated rings. The van der Waals surface area contributed by atoms with Crippen LogP contribution in [0.3, 0.4) is 0 Å². The molecule has 1 aliphatic rings. The van der Waals surface area contributed by atoms with Crippen molar-refractivity contribution in [3.8, 4) is 0 Å². The van der Waals surface area contributed by atoms with Gasteiger partial charge in [-0.25, -0.2) is 0 Å². The Balaban J connectivity index is 2.68. The monoisotopic (exact) mass is 354 g/mol. The SMILES string of the molecule is CCCCC(CC)CC(CCCC)OC(=O)C1CCCCC1C(=O)O. The lowest BCUT2D eigenvalue weighted by Gasteiger charge is -2.30. The molecule has 0 amide bonds. The van der Waals surface area contributed by atoms with Crippen LogP contribution in [0.2, 0.25) is 0 Å². The quantitative estimate of drug-likeness (QED) is 0.464. The molecule has 0 spiro atoms. The summed E-state index contributed by atoms with van der Waals surface area (Å²) in [6.07, 6.45) is 11.7. The van der Waals surface area contributed by atoms with Gasteiger partial charge in [0.25, 0.3) is 0 Å². The van der Waals surface area contributed by atoms with Crippen LogP contribution in [0.15, 0.2) is 0 Å². The molecule has 0 saturated heterocycles. The number of esters is 1. The molecule has 1 aliphatic carbocycles. The minimum absolute atomic E-state index is 0.0503. The number of aliphatic carboxylic acids is 1. The smallest absolute Gasteiger partial charge is 0.310 e. The fraction of sp³-hybridized carbons (Fsp3) is 0.905. The highest BCUT2D eigenvalue weighted by molar-refractivity contribution is 5.81. The van der Waals surface area contributed by atoms with E-state index in [4.69, 9.17) is 4.74 Å². The van der Waals surface area contributed by atoms with Crippen LogP contribution in [0.25, 0.3) is 0 Å². The van der Waals surface area contributed by atoms with E-state index < -0.39 is 17.8 Å². The topological polar surface area (TPSA) is 63.6 Å². The average molecular weight is 355 g/mol. The normalized spacial score (nSPS) is 23.0. The van der Waals surface area contributed by atoms with Crippen molar-refractivity contribution in [2.75, 3.05) is 0 Å². The van der Waals surface area contributed by atoms with E-state index in [2.05, 4.69) is 20.8 Å². The fourth-order valence-corrected chi connectivity index (χ4v) is 3.97. The van der Waals surface area contributed by atoms with Gasteiger partial charge in [-0.1, -0.05) is 72.1 Å². The zero-order valence-corrected chi connectivity index (χ0v) is 16.5. The van der Waals surface area contributed by atoms with Crippen molar-refractivity contribution in [3.63, 3.8) is 0 Å². The first-order valence-electron chi connectivity index (χ1n) is 10.5. The van der Waals surface area contributed by atoms with Crippen molar-refractivity contribution in [3.05, 3.63) is 0 Å². The lowest BCUT2D eigenvalue weighted by atomic mass is 9.79. The first kappa shape index (κ1) is 22.0. The van der Waals surface area contributed by atoms with E-state index in [1.165, 1.54) is 19.3 Å². The van der Waals surface area contributed by atoms with Crippen molar-refractivity contribution >= 4 is 11.9 Å². The molecule has 0 heterocycles. The summed E-state index contributed by atoms with van der Waals surface area (Å²) in [5.41, 5.74) is 0. The van der Waals surface area contributed by atoms with E-state index in [0.717, 1.165) is 44.9 Å². The first-order valence-corrected chi connectivity index (χ1v) is 10.5. The summed E-state index contributed by atoms with van der Waals surface area (Å²) in [5, 5.41) is 9.41. The molecule has 4 heteroatoms. The Hall–Kier alpha value is -1.06. The van der Waals surface area contributed by atoms with Gasteiger partial charge in [0.05, 0.1) is 11.8 Å². The van der Waals surface area contributed by atoms with E-state index in [-0.39, 0.29) is 12.1 Å². The molecule has 0 aromatic heterocycles. The maximum atomic E-state index is 12.7. The second-order valence-corrected chi connectivity index (χ2v) is 7.69. The van der Waals surface area contributed by atoms with E-state index in [1.807, 2.05) is 0 Å². The highest BCUT2D eigenvalue weighted by Crippen LogP contribution is 2.32. The number of carboxylic acid groups (broad SMARTS) is 1. The van der Waals surface area contributed by atoms with Crippen LogP contribution < -0.4 is 0 Å². The van der Waals surface area contributed by atoms with Gasteiger partial charge in [0.2, 0.25) is 0 Å². The van der Waals surface area contributed by atoms with Crippen LogP contribution in [-0.4, -0.2) is 23.1 Å². The van der Waals surface area contributed by atoms with Gasteiger partial charge in [0, 0.05) is 0 Å². The summed E-state index contributed by atoms with van der Waals surface area (Å²) in [6, 6.07) is 0. The van der Waals surface area contributed by atoms with Gasteiger partial charge in [-0.05, 0) is 31.6 Å². The largest absolute Gasteiger partial charge is 0.481 e. The van der Waals surface area contributed by atoms with Crippen LogP contribution in [0.1, 0.15) is 97.8 Å². The molecule has 0 bridgehead atoms. The summed E-state index contributed by atoms with van der Waals surface area (Å²) < 4.78 is 5.88. The summed E-state index contributed by atoms with van der Waals surface area (Å²) >= 11 is 0. The number of rotatable bonds is 12. The predicted octanol–water partition coefficient (Wildman–Crippen LogP) is 5.59. The Morgan fingerprint density at radius 1 is 1.00 bits per heavy atom. The van der Waals surface area contributed by atoms with Gasteiger partial charge < -0.3 is 9.84 Å². The number of carbonyl (C=O) groups is 2. The fourth-order valence-electron chi connectivity index (χ4n) is 3.97. The maximum Gasteiger partial charge on any atom is 0.310 e. The Kier molecular flexibility index (Phi) is 10.8. The lowest BCUT2D eigenvalue weighted by molar-refractivity contribution is -0.164. The van der Waals surface area contributed by atoms with Crippen molar-refractivity contribution < 1.29 is 19.4 Å². The summed E-state index contributed by atoms with van der Waals surface area (Å²) in [7, 11) is 0. The molecule has 1 rings (SSSR count). The Morgan fingerprint density at radius 2 is 1.60 bits per heavy atom.